The summed E-state index contributed by atoms with van der Waals surface area (Å²) in [7, 11) is 0. The maximum atomic E-state index is 13.1. The van der Waals surface area contributed by atoms with Gasteiger partial charge in [0.2, 0.25) is 23.6 Å². The fourth-order valence-corrected chi connectivity index (χ4v) is 3.21. The van der Waals surface area contributed by atoms with E-state index in [1.54, 1.807) is 13.8 Å². The third-order valence-electron chi connectivity index (χ3n) is 5.91. The molecule has 0 spiro atoms. The summed E-state index contributed by atoms with van der Waals surface area (Å²) in [4.78, 5) is 61.1. The molecular weight excluding hydrogens is 444 g/mol. The Labute approximate surface area is 201 Å². The van der Waals surface area contributed by atoms with Gasteiger partial charge in [0.25, 0.3) is 0 Å². The molecule has 196 valence electrons. The fourth-order valence-electron chi connectivity index (χ4n) is 3.21. The standard InChI is InChI=1S/C22H42N6O6/c1-5-12(3)17(20(31)26-15(22(33)34)11-16(25)29)28-21(32)18(13(4)6-2)27-19(30)14(24)9-7-8-10-23/h12-15,17-18H,5-11,23-24H2,1-4H3,(H2,25,29)(H,26,31)(H,27,30)(H,28,32)(H,33,34). The van der Waals surface area contributed by atoms with Crippen LogP contribution in [0.25, 0.3) is 0 Å². The Bertz CT molecular complexity index is 703. The van der Waals surface area contributed by atoms with Crippen LogP contribution in [0.5, 0.6) is 0 Å². The van der Waals surface area contributed by atoms with Crippen LogP contribution in [-0.4, -0.2) is 65.4 Å². The summed E-state index contributed by atoms with van der Waals surface area (Å²) < 4.78 is 0. The lowest BCUT2D eigenvalue weighted by molar-refractivity contribution is -0.144. The van der Waals surface area contributed by atoms with Crippen molar-refractivity contribution in [3.8, 4) is 0 Å². The van der Waals surface area contributed by atoms with Gasteiger partial charge < -0.3 is 38.3 Å². The van der Waals surface area contributed by atoms with E-state index in [1.807, 2.05) is 13.8 Å². The molecule has 0 rings (SSSR count). The first kappa shape index (κ1) is 31.3. The first-order valence-electron chi connectivity index (χ1n) is 11.8. The number of hydrogen-bond donors (Lipinski definition) is 7. The number of primary amides is 1. The molecule has 0 radical (unpaired) electrons. The van der Waals surface area contributed by atoms with Gasteiger partial charge >= 0.3 is 5.97 Å². The highest BCUT2D eigenvalue weighted by Crippen LogP contribution is 2.13. The van der Waals surface area contributed by atoms with Crippen molar-refractivity contribution in [3.05, 3.63) is 0 Å². The quantitative estimate of drug-likeness (QED) is 0.125. The van der Waals surface area contributed by atoms with E-state index >= 15 is 0 Å². The predicted octanol–water partition coefficient (Wildman–Crippen LogP) is -1.05. The second-order valence-corrected chi connectivity index (χ2v) is 8.70. The van der Waals surface area contributed by atoms with Crippen molar-refractivity contribution in [1.82, 2.24) is 16.0 Å². The van der Waals surface area contributed by atoms with E-state index in [9.17, 15) is 29.1 Å². The van der Waals surface area contributed by atoms with E-state index in [0.717, 1.165) is 6.42 Å². The van der Waals surface area contributed by atoms with Crippen LogP contribution >= 0.6 is 0 Å². The number of nitrogens with one attached hydrogen (secondary N) is 3. The van der Waals surface area contributed by atoms with E-state index < -0.39 is 60.2 Å². The number of unbranched alkanes of at least 4 members (excludes halogenated alkanes) is 1. The Morgan fingerprint density at radius 1 is 0.824 bits per heavy atom. The van der Waals surface area contributed by atoms with Gasteiger partial charge in [-0.15, -0.1) is 0 Å². The molecule has 0 heterocycles. The number of rotatable bonds is 17. The normalized spacial score (nSPS) is 16.3. The minimum absolute atomic E-state index is 0.262. The third-order valence-corrected chi connectivity index (χ3v) is 5.91. The van der Waals surface area contributed by atoms with Gasteiger partial charge in [-0.3, -0.25) is 19.2 Å². The minimum atomic E-state index is -1.52. The highest BCUT2D eigenvalue weighted by Gasteiger charge is 2.34. The van der Waals surface area contributed by atoms with Gasteiger partial charge in [-0.25, -0.2) is 4.79 Å². The summed E-state index contributed by atoms with van der Waals surface area (Å²) in [6, 6.07) is -4.36. The molecule has 0 aromatic heterocycles. The molecule has 0 bridgehead atoms. The van der Waals surface area contributed by atoms with Crippen molar-refractivity contribution in [2.45, 2.75) is 90.4 Å². The molecule has 4 amide bonds. The number of amides is 4. The van der Waals surface area contributed by atoms with Gasteiger partial charge in [-0.05, 0) is 31.2 Å². The van der Waals surface area contributed by atoms with Gasteiger partial charge in [0.1, 0.15) is 18.1 Å². The van der Waals surface area contributed by atoms with Crippen LogP contribution < -0.4 is 33.2 Å². The zero-order valence-corrected chi connectivity index (χ0v) is 20.6. The lowest BCUT2D eigenvalue weighted by atomic mass is 9.94. The number of nitrogens with two attached hydrogens (primary N) is 3. The highest BCUT2D eigenvalue weighted by atomic mass is 16.4. The lowest BCUT2D eigenvalue weighted by Crippen LogP contribution is -2.60. The predicted molar refractivity (Wildman–Crippen MR) is 127 cm³/mol. The van der Waals surface area contributed by atoms with E-state index in [-0.39, 0.29) is 11.8 Å². The topological polar surface area (TPSA) is 220 Å². The summed E-state index contributed by atoms with van der Waals surface area (Å²) >= 11 is 0. The number of hydrogen-bond acceptors (Lipinski definition) is 7. The molecule has 12 nitrogen and oxygen atoms in total. The number of carboxylic acid groups (broad SMARTS) is 1. The largest absolute Gasteiger partial charge is 0.480 e. The van der Waals surface area contributed by atoms with Crippen LogP contribution in [0, 0.1) is 11.8 Å². The van der Waals surface area contributed by atoms with Gasteiger partial charge in [0.15, 0.2) is 0 Å². The smallest absolute Gasteiger partial charge is 0.326 e. The van der Waals surface area contributed by atoms with Crippen molar-refractivity contribution in [3.63, 3.8) is 0 Å². The van der Waals surface area contributed by atoms with Gasteiger partial charge in [-0.1, -0.05) is 47.0 Å². The molecule has 0 aliphatic rings. The van der Waals surface area contributed by atoms with Crippen molar-refractivity contribution in [2.24, 2.45) is 29.0 Å². The van der Waals surface area contributed by atoms with Crippen LogP contribution in [0.15, 0.2) is 0 Å². The molecular formula is C22H42N6O6. The Morgan fingerprint density at radius 3 is 1.71 bits per heavy atom. The summed E-state index contributed by atoms with van der Waals surface area (Å²) in [5.74, 6) is -4.76. The molecule has 34 heavy (non-hydrogen) atoms. The third kappa shape index (κ3) is 10.9. The molecule has 0 aromatic rings. The molecule has 0 fully saturated rings. The molecule has 0 aliphatic heterocycles. The monoisotopic (exact) mass is 486 g/mol. The van der Waals surface area contributed by atoms with E-state index in [2.05, 4.69) is 16.0 Å². The van der Waals surface area contributed by atoms with Crippen LogP contribution in [0.1, 0.15) is 66.2 Å². The molecule has 0 aliphatic carbocycles. The summed E-state index contributed by atoms with van der Waals surface area (Å²) in [6.45, 7) is 7.67. The molecule has 0 aromatic carbocycles. The molecule has 12 heteroatoms. The average Bonchev–Trinajstić information content (AvgIpc) is 2.78. The highest BCUT2D eigenvalue weighted by molar-refractivity contribution is 5.95. The Hall–Kier alpha value is -2.73. The van der Waals surface area contributed by atoms with Crippen LogP contribution in [0.3, 0.4) is 0 Å². The Balaban J connectivity index is 5.54. The first-order valence-corrected chi connectivity index (χ1v) is 11.8. The summed E-state index contributed by atoms with van der Waals surface area (Å²) in [5, 5.41) is 16.9. The maximum Gasteiger partial charge on any atom is 0.326 e. The van der Waals surface area contributed by atoms with Crippen molar-refractivity contribution >= 4 is 29.6 Å². The van der Waals surface area contributed by atoms with E-state index in [0.29, 0.717) is 32.2 Å². The van der Waals surface area contributed by atoms with Crippen molar-refractivity contribution < 1.29 is 29.1 Å². The molecule has 0 saturated carbocycles. The molecule has 0 saturated heterocycles. The SMILES string of the molecule is CCC(C)C(NC(=O)C(N)CCCCN)C(=O)NC(C(=O)NC(CC(N)=O)C(=O)O)C(C)CC. The molecule has 6 atom stereocenters. The van der Waals surface area contributed by atoms with Crippen LogP contribution in [0.4, 0.5) is 0 Å². The van der Waals surface area contributed by atoms with Crippen LogP contribution in [-0.2, 0) is 24.0 Å². The van der Waals surface area contributed by atoms with Crippen LogP contribution in [0.2, 0.25) is 0 Å². The number of carbonyl (C=O) groups is 5. The van der Waals surface area contributed by atoms with Crippen molar-refractivity contribution in [1.29, 1.82) is 0 Å². The Kier molecular flexibility index (Phi) is 14.7. The van der Waals surface area contributed by atoms with E-state index in [1.165, 1.54) is 0 Å². The number of aliphatic carboxylic acids is 1. The second kappa shape index (κ2) is 16.0. The first-order chi connectivity index (χ1) is 15.9. The Morgan fingerprint density at radius 2 is 1.29 bits per heavy atom. The van der Waals surface area contributed by atoms with Crippen molar-refractivity contribution in [2.75, 3.05) is 6.54 Å². The summed E-state index contributed by atoms with van der Waals surface area (Å²) in [5.41, 5.74) is 16.5. The lowest BCUT2D eigenvalue weighted by Gasteiger charge is -2.30. The maximum absolute atomic E-state index is 13.1. The minimum Gasteiger partial charge on any atom is -0.480 e. The van der Waals surface area contributed by atoms with Gasteiger partial charge in [0, 0.05) is 0 Å². The fraction of sp³-hybridized carbons (Fsp3) is 0.773. The second-order valence-electron chi connectivity index (χ2n) is 8.70. The number of carbonyl (C=O) groups excluding carboxylic acids is 4. The molecule has 10 N–H and O–H groups in total. The zero-order chi connectivity index (χ0) is 26.4. The number of carboxylic acids is 1. The average molecular weight is 487 g/mol. The van der Waals surface area contributed by atoms with E-state index in [4.69, 9.17) is 17.2 Å². The zero-order valence-electron chi connectivity index (χ0n) is 20.6. The molecule has 6 unspecified atom stereocenters. The van der Waals surface area contributed by atoms with Gasteiger partial charge in [-0.2, -0.15) is 0 Å². The van der Waals surface area contributed by atoms with Gasteiger partial charge in [0.05, 0.1) is 12.5 Å². The summed E-state index contributed by atoms with van der Waals surface area (Å²) in [6.07, 6.45) is 2.31.